The van der Waals surface area contributed by atoms with Crippen molar-refractivity contribution in [2.24, 2.45) is 0 Å². The predicted molar refractivity (Wildman–Crippen MR) is 188 cm³/mol. The maximum Gasteiger partial charge on any atom is 0.469 e. The number of esters is 2. The van der Waals surface area contributed by atoms with Crippen LogP contribution in [0.15, 0.2) is 48.6 Å². The van der Waals surface area contributed by atoms with Gasteiger partial charge in [0.05, 0.1) is 6.61 Å². The van der Waals surface area contributed by atoms with Crippen LogP contribution in [0.2, 0.25) is 0 Å². The number of carbonyl (C=O) groups excluding carboxylic acids is 2. The monoisotopic (exact) mass is 668 g/mol. The summed E-state index contributed by atoms with van der Waals surface area (Å²) in [5, 5.41) is 0. The number of phosphoric acid groups is 1. The summed E-state index contributed by atoms with van der Waals surface area (Å²) in [5.74, 6) is -0.926. The first-order valence-electron chi connectivity index (χ1n) is 17.9. The SMILES string of the molecule is CCCC/C=C/CCCCCCCC(=O)OC[C@H](COP(=O)(O)O)OC(=O)CCCCCC/C=C/C/C=C/C/C=C/CCCCC. The number of phosphoric ester groups is 1. The molecule has 2 N–H and O–H groups in total. The molecule has 1 atom stereocenters. The zero-order chi connectivity index (χ0) is 34.0. The Hall–Kier alpha value is -1.99. The van der Waals surface area contributed by atoms with Gasteiger partial charge in [-0.2, -0.15) is 0 Å². The zero-order valence-corrected chi connectivity index (χ0v) is 29.9. The maximum absolute atomic E-state index is 12.3. The van der Waals surface area contributed by atoms with Crippen LogP contribution in [0.3, 0.4) is 0 Å². The van der Waals surface area contributed by atoms with E-state index in [0.29, 0.717) is 12.8 Å². The lowest BCUT2D eigenvalue weighted by molar-refractivity contribution is -0.161. The van der Waals surface area contributed by atoms with Crippen molar-refractivity contribution in [2.75, 3.05) is 13.2 Å². The Labute approximate surface area is 280 Å². The van der Waals surface area contributed by atoms with Crippen LogP contribution in [0.5, 0.6) is 0 Å². The van der Waals surface area contributed by atoms with Gasteiger partial charge in [-0.25, -0.2) is 4.57 Å². The Morgan fingerprint density at radius 3 is 1.54 bits per heavy atom. The average molecular weight is 669 g/mol. The first-order valence-corrected chi connectivity index (χ1v) is 19.5. The van der Waals surface area contributed by atoms with Crippen LogP contribution in [0.1, 0.15) is 155 Å². The van der Waals surface area contributed by atoms with Gasteiger partial charge in [0.2, 0.25) is 0 Å². The molecule has 0 radical (unpaired) electrons. The summed E-state index contributed by atoms with van der Waals surface area (Å²) in [6.45, 7) is 3.57. The van der Waals surface area contributed by atoms with Crippen LogP contribution in [0.4, 0.5) is 0 Å². The molecule has 0 fully saturated rings. The molecule has 0 unspecified atom stereocenters. The lowest BCUT2D eigenvalue weighted by Crippen LogP contribution is -2.29. The van der Waals surface area contributed by atoms with Gasteiger partial charge in [0.25, 0.3) is 0 Å². The van der Waals surface area contributed by atoms with E-state index in [4.69, 9.17) is 19.3 Å². The smallest absolute Gasteiger partial charge is 0.462 e. The second-order valence-electron chi connectivity index (χ2n) is 11.8. The molecule has 0 rings (SSSR count). The number of unbranched alkanes of at least 4 members (excludes halogenated alkanes) is 14. The van der Waals surface area contributed by atoms with Gasteiger partial charge in [-0.1, -0.05) is 120 Å². The Bertz CT molecular complexity index is 890. The number of hydrogen-bond acceptors (Lipinski definition) is 6. The first-order chi connectivity index (χ1) is 22.3. The highest BCUT2D eigenvalue weighted by molar-refractivity contribution is 7.46. The van der Waals surface area contributed by atoms with E-state index < -0.39 is 32.5 Å². The van der Waals surface area contributed by atoms with Crippen molar-refractivity contribution in [1.29, 1.82) is 0 Å². The number of allylic oxidation sites excluding steroid dienone is 8. The highest BCUT2D eigenvalue weighted by Crippen LogP contribution is 2.35. The summed E-state index contributed by atoms with van der Waals surface area (Å²) >= 11 is 0. The van der Waals surface area contributed by atoms with E-state index in [1.807, 2.05) is 0 Å². The molecule has 0 aliphatic carbocycles. The fourth-order valence-electron chi connectivity index (χ4n) is 4.59. The van der Waals surface area contributed by atoms with Crippen LogP contribution < -0.4 is 0 Å². The second-order valence-corrected chi connectivity index (χ2v) is 13.1. The lowest BCUT2D eigenvalue weighted by Gasteiger charge is -2.18. The standard InChI is InChI=1S/C37H65O8P/c1-3-5-7-9-11-13-15-16-17-18-19-20-22-24-26-28-30-32-37(39)45-35(34-44-46(40,41)42)33-43-36(38)31-29-27-25-23-21-14-12-10-8-6-4-2/h10-13,16-17,19-20,35H,3-9,14-15,18,21-34H2,1-2H3,(H2,40,41,42)/b12-10+,13-11+,17-16+,20-19+/t35-/m1/s1. The number of rotatable bonds is 32. The third-order valence-electron chi connectivity index (χ3n) is 7.32. The molecule has 0 aliphatic rings. The van der Waals surface area contributed by atoms with Gasteiger partial charge in [0.15, 0.2) is 6.10 Å². The summed E-state index contributed by atoms with van der Waals surface area (Å²) < 4.78 is 26.2. The van der Waals surface area contributed by atoms with Crippen molar-refractivity contribution in [3.8, 4) is 0 Å². The minimum absolute atomic E-state index is 0.183. The molecule has 0 saturated carbocycles. The van der Waals surface area contributed by atoms with Gasteiger partial charge in [0.1, 0.15) is 6.61 Å². The zero-order valence-electron chi connectivity index (χ0n) is 29.0. The normalized spacial score (nSPS) is 13.0. The molecular formula is C37H65O8P. The molecule has 46 heavy (non-hydrogen) atoms. The van der Waals surface area contributed by atoms with Crippen LogP contribution in [0, 0.1) is 0 Å². The molecule has 0 bridgehead atoms. The fraction of sp³-hybridized carbons (Fsp3) is 0.730. The van der Waals surface area contributed by atoms with Crippen molar-refractivity contribution in [1.82, 2.24) is 0 Å². The van der Waals surface area contributed by atoms with Crippen LogP contribution >= 0.6 is 7.82 Å². The molecule has 0 aliphatic heterocycles. The van der Waals surface area contributed by atoms with E-state index in [-0.39, 0.29) is 19.4 Å². The Kier molecular flexibility index (Phi) is 31.5. The largest absolute Gasteiger partial charge is 0.469 e. The van der Waals surface area contributed by atoms with Crippen molar-refractivity contribution >= 4 is 19.8 Å². The van der Waals surface area contributed by atoms with Gasteiger partial charge < -0.3 is 19.3 Å². The Balaban J connectivity index is 4.06. The highest BCUT2D eigenvalue weighted by atomic mass is 31.2. The molecular weight excluding hydrogens is 603 g/mol. The van der Waals surface area contributed by atoms with Gasteiger partial charge in [-0.15, -0.1) is 0 Å². The third kappa shape index (κ3) is 34.9. The van der Waals surface area contributed by atoms with E-state index in [1.54, 1.807) is 0 Å². The molecule has 0 saturated heterocycles. The molecule has 8 nitrogen and oxygen atoms in total. The predicted octanol–water partition coefficient (Wildman–Crippen LogP) is 10.4. The topological polar surface area (TPSA) is 119 Å². The minimum atomic E-state index is -4.76. The van der Waals surface area contributed by atoms with Crippen LogP contribution in [-0.4, -0.2) is 41.0 Å². The molecule has 0 aromatic rings. The molecule has 0 aromatic carbocycles. The van der Waals surface area contributed by atoms with Crippen LogP contribution in [0.25, 0.3) is 0 Å². The van der Waals surface area contributed by atoms with Gasteiger partial charge in [-0.3, -0.25) is 14.1 Å². The molecule has 0 aromatic heterocycles. The van der Waals surface area contributed by atoms with Gasteiger partial charge in [0, 0.05) is 12.8 Å². The molecule has 266 valence electrons. The minimum Gasteiger partial charge on any atom is -0.462 e. The molecule has 0 heterocycles. The second kappa shape index (κ2) is 32.9. The Morgan fingerprint density at radius 2 is 1.00 bits per heavy atom. The number of hydrogen-bond donors (Lipinski definition) is 2. The number of carbonyl (C=O) groups is 2. The average Bonchev–Trinajstić information content (AvgIpc) is 3.02. The highest BCUT2D eigenvalue weighted by Gasteiger charge is 2.22. The van der Waals surface area contributed by atoms with Crippen molar-refractivity contribution < 1.29 is 37.9 Å². The lowest BCUT2D eigenvalue weighted by atomic mass is 10.1. The van der Waals surface area contributed by atoms with E-state index in [0.717, 1.165) is 77.0 Å². The van der Waals surface area contributed by atoms with Crippen LogP contribution in [-0.2, 0) is 28.2 Å². The molecule has 9 heteroatoms. The fourth-order valence-corrected chi connectivity index (χ4v) is 4.95. The van der Waals surface area contributed by atoms with Gasteiger partial charge >= 0.3 is 19.8 Å². The van der Waals surface area contributed by atoms with E-state index >= 15 is 0 Å². The molecule has 0 spiro atoms. The van der Waals surface area contributed by atoms with E-state index in [2.05, 4.69) is 67.0 Å². The van der Waals surface area contributed by atoms with Crippen molar-refractivity contribution in [3.05, 3.63) is 48.6 Å². The summed E-state index contributed by atoms with van der Waals surface area (Å²) in [5.41, 5.74) is 0. The Morgan fingerprint density at radius 1 is 0.565 bits per heavy atom. The van der Waals surface area contributed by atoms with E-state index in [9.17, 15) is 14.2 Å². The number of ether oxygens (including phenoxy) is 2. The summed E-state index contributed by atoms with van der Waals surface area (Å²) in [7, 11) is -4.76. The summed E-state index contributed by atoms with van der Waals surface area (Å²) in [6, 6.07) is 0. The summed E-state index contributed by atoms with van der Waals surface area (Å²) in [6.07, 6.45) is 38.3. The first kappa shape index (κ1) is 44.0. The van der Waals surface area contributed by atoms with Crippen molar-refractivity contribution in [2.45, 2.75) is 161 Å². The van der Waals surface area contributed by atoms with Gasteiger partial charge in [-0.05, 0) is 70.6 Å². The van der Waals surface area contributed by atoms with Crippen molar-refractivity contribution in [3.63, 3.8) is 0 Å². The van der Waals surface area contributed by atoms with E-state index in [1.165, 1.54) is 38.5 Å². The third-order valence-corrected chi connectivity index (χ3v) is 7.81. The quantitative estimate of drug-likeness (QED) is 0.0315. The maximum atomic E-state index is 12.3. The molecule has 0 amide bonds. The summed E-state index contributed by atoms with van der Waals surface area (Å²) in [4.78, 5) is 42.6.